The van der Waals surface area contributed by atoms with Crippen molar-refractivity contribution in [3.8, 4) is 0 Å². The van der Waals surface area contributed by atoms with Crippen LogP contribution < -0.4 is 5.32 Å². The highest BCUT2D eigenvalue weighted by molar-refractivity contribution is 7.71. The topological polar surface area (TPSA) is 62.7 Å². The molecule has 2 N–H and O–H groups in total. The van der Waals surface area contributed by atoms with Crippen LogP contribution in [0.3, 0.4) is 0 Å². The normalized spacial score (nSPS) is 19.5. The first-order valence-corrected chi connectivity index (χ1v) is 8.93. The lowest BCUT2D eigenvalue weighted by atomic mass is 10.00. The highest BCUT2D eigenvalue weighted by atomic mass is 32.1. The van der Waals surface area contributed by atoms with E-state index in [1.165, 1.54) is 11.1 Å². The second-order valence-corrected chi connectivity index (χ2v) is 7.06. The van der Waals surface area contributed by atoms with Crippen molar-refractivity contribution in [3.05, 3.63) is 46.0 Å². The number of nitrogens with zero attached hydrogens (tertiary/aromatic N) is 2. The molecule has 24 heavy (non-hydrogen) atoms. The molecule has 3 rings (SSSR count). The van der Waals surface area contributed by atoms with Crippen LogP contribution in [0.2, 0.25) is 0 Å². The summed E-state index contributed by atoms with van der Waals surface area (Å²) in [5, 5.41) is 9.93. The van der Waals surface area contributed by atoms with Crippen LogP contribution in [0.25, 0.3) is 0 Å². The van der Waals surface area contributed by atoms with Gasteiger partial charge in [0.05, 0.1) is 6.54 Å². The second-order valence-electron chi connectivity index (χ2n) is 6.68. The number of hydrogen-bond donors (Lipinski definition) is 2. The first kappa shape index (κ1) is 16.9. The lowest BCUT2D eigenvalue weighted by Crippen LogP contribution is -2.26. The Labute approximate surface area is 147 Å². The lowest BCUT2D eigenvalue weighted by Gasteiger charge is -2.08. The summed E-state index contributed by atoms with van der Waals surface area (Å²) < 4.78 is 2.49. The van der Waals surface area contributed by atoms with E-state index in [9.17, 15) is 4.79 Å². The minimum atomic E-state index is 0.0758. The summed E-state index contributed by atoms with van der Waals surface area (Å²) in [6.45, 7) is 7.54. The highest BCUT2D eigenvalue weighted by Gasteiger charge is 2.43. The van der Waals surface area contributed by atoms with E-state index in [2.05, 4.69) is 53.6 Å². The largest absolute Gasteiger partial charge is 0.349 e. The summed E-state index contributed by atoms with van der Waals surface area (Å²) in [6.07, 6.45) is 0.924. The minimum Gasteiger partial charge on any atom is -0.349 e. The van der Waals surface area contributed by atoms with Crippen LogP contribution in [0.15, 0.2) is 24.3 Å². The van der Waals surface area contributed by atoms with Gasteiger partial charge < -0.3 is 9.88 Å². The second kappa shape index (κ2) is 6.89. The number of rotatable bonds is 6. The van der Waals surface area contributed by atoms with E-state index < -0.39 is 0 Å². The zero-order chi connectivity index (χ0) is 17.3. The minimum absolute atomic E-state index is 0.0758. The molecule has 0 radical (unpaired) electrons. The predicted molar refractivity (Wildman–Crippen MR) is 96.3 cm³/mol. The standard InChI is InChI=1S/C18H24N4OS/c1-4-22-16(20-21-18(22)24)10-19-17(23)15-9-14(15)13-7-5-12(6-8-13)11(2)3/h5-8,11,14-15H,4,9-10H2,1-3H3,(H,19,23)(H,21,24). The number of aromatic amines is 1. The fourth-order valence-corrected chi connectivity index (χ4v) is 3.37. The molecule has 2 aromatic rings. The maximum absolute atomic E-state index is 12.4. The SMILES string of the molecule is CCn1c(CNC(=O)C2CC2c2ccc(C(C)C)cc2)n[nH]c1=S. The Bertz CT molecular complexity index is 775. The zero-order valence-electron chi connectivity index (χ0n) is 14.4. The lowest BCUT2D eigenvalue weighted by molar-refractivity contribution is -0.122. The molecule has 0 bridgehead atoms. The van der Waals surface area contributed by atoms with Crippen LogP contribution in [-0.4, -0.2) is 20.7 Å². The van der Waals surface area contributed by atoms with E-state index >= 15 is 0 Å². The monoisotopic (exact) mass is 344 g/mol. The van der Waals surface area contributed by atoms with Gasteiger partial charge in [-0.2, -0.15) is 5.10 Å². The number of carbonyl (C=O) groups is 1. The molecule has 1 aromatic heterocycles. The van der Waals surface area contributed by atoms with E-state index in [0.717, 1.165) is 18.8 Å². The van der Waals surface area contributed by atoms with Crippen molar-refractivity contribution in [2.24, 2.45) is 5.92 Å². The molecule has 1 fully saturated rings. The van der Waals surface area contributed by atoms with Crippen molar-refractivity contribution in [2.45, 2.75) is 52.1 Å². The summed E-state index contributed by atoms with van der Waals surface area (Å²) in [4.78, 5) is 12.4. The molecule has 128 valence electrons. The van der Waals surface area contributed by atoms with Gasteiger partial charge in [0, 0.05) is 12.5 Å². The van der Waals surface area contributed by atoms with Crippen molar-refractivity contribution in [3.63, 3.8) is 0 Å². The first-order chi connectivity index (χ1) is 11.5. The fourth-order valence-electron chi connectivity index (χ4n) is 3.09. The molecule has 6 heteroatoms. The number of hydrogen-bond acceptors (Lipinski definition) is 3. The van der Waals surface area contributed by atoms with Gasteiger partial charge in [0.15, 0.2) is 10.6 Å². The van der Waals surface area contributed by atoms with Gasteiger partial charge in [-0.25, -0.2) is 0 Å². The number of carbonyl (C=O) groups excluding carboxylic acids is 1. The highest BCUT2D eigenvalue weighted by Crippen LogP contribution is 2.47. The van der Waals surface area contributed by atoms with Crippen LogP contribution in [0.4, 0.5) is 0 Å². The molecule has 1 aromatic carbocycles. The summed E-state index contributed by atoms with van der Waals surface area (Å²) in [5.41, 5.74) is 2.60. The average Bonchev–Trinajstić information content (AvgIpc) is 3.30. The van der Waals surface area contributed by atoms with E-state index in [0.29, 0.717) is 23.2 Å². The van der Waals surface area contributed by atoms with Crippen molar-refractivity contribution in [1.82, 2.24) is 20.1 Å². The number of benzene rings is 1. The number of aromatic nitrogens is 3. The van der Waals surface area contributed by atoms with Crippen LogP contribution in [0.1, 0.15) is 56.0 Å². The molecule has 2 atom stereocenters. The van der Waals surface area contributed by atoms with Gasteiger partial charge in [0.2, 0.25) is 5.91 Å². The van der Waals surface area contributed by atoms with Crippen molar-refractivity contribution >= 4 is 18.1 Å². The quantitative estimate of drug-likeness (QED) is 0.788. The Hall–Kier alpha value is -1.95. The van der Waals surface area contributed by atoms with E-state index in [-0.39, 0.29) is 11.8 Å². The van der Waals surface area contributed by atoms with Gasteiger partial charge in [-0.05, 0) is 48.5 Å². The summed E-state index contributed by atoms with van der Waals surface area (Å²) in [7, 11) is 0. The van der Waals surface area contributed by atoms with Gasteiger partial charge in [-0.3, -0.25) is 9.89 Å². The van der Waals surface area contributed by atoms with Crippen LogP contribution >= 0.6 is 12.2 Å². The van der Waals surface area contributed by atoms with E-state index in [1.807, 2.05) is 11.5 Å². The molecule has 1 saturated carbocycles. The van der Waals surface area contributed by atoms with Gasteiger partial charge in [0.1, 0.15) is 0 Å². The van der Waals surface area contributed by atoms with Crippen molar-refractivity contribution in [2.75, 3.05) is 0 Å². The molecule has 2 unspecified atom stereocenters. The third kappa shape index (κ3) is 3.43. The summed E-state index contributed by atoms with van der Waals surface area (Å²) in [6, 6.07) is 8.67. The van der Waals surface area contributed by atoms with Gasteiger partial charge in [-0.1, -0.05) is 38.1 Å². The Morgan fingerprint density at radius 1 is 1.42 bits per heavy atom. The van der Waals surface area contributed by atoms with Crippen molar-refractivity contribution < 1.29 is 4.79 Å². The summed E-state index contributed by atoms with van der Waals surface area (Å²) >= 11 is 5.16. The third-order valence-corrected chi connectivity index (χ3v) is 5.04. The predicted octanol–water partition coefficient (Wildman–Crippen LogP) is 3.50. The Balaban J connectivity index is 1.56. The smallest absolute Gasteiger partial charge is 0.224 e. The van der Waals surface area contributed by atoms with E-state index in [4.69, 9.17) is 12.2 Å². The number of nitrogens with one attached hydrogen (secondary N) is 2. The zero-order valence-corrected chi connectivity index (χ0v) is 15.2. The molecule has 1 aliphatic rings. The van der Waals surface area contributed by atoms with E-state index in [1.54, 1.807) is 0 Å². The molecular weight excluding hydrogens is 320 g/mol. The van der Waals surface area contributed by atoms with Crippen LogP contribution in [-0.2, 0) is 17.9 Å². The summed E-state index contributed by atoms with van der Waals surface area (Å²) in [5.74, 6) is 1.83. The van der Waals surface area contributed by atoms with Crippen LogP contribution in [0, 0.1) is 10.7 Å². The van der Waals surface area contributed by atoms with Crippen molar-refractivity contribution in [1.29, 1.82) is 0 Å². The molecule has 1 aliphatic carbocycles. The van der Waals surface area contributed by atoms with Crippen LogP contribution in [0.5, 0.6) is 0 Å². The maximum Gasteiger partial charge on any atom is 0.224 e. The average molecular weight is 344 g/mol. The molecule has 0 saturated heterocycles. The molecule has 0 spiro atoms. The molecule has 5 nitrogen and oxygen atoms in total. The van der Waals surface area contributed by atoms with Gasteiger partial charge >= 0.3 is 0 Å². The van der Waals surface area contributed by atoms with Gasteiger partial charge in [-0.15, -0.1) is 0 Å². The third-order valence-electron chi connectivity index (χ3n) is 4.73. The number of H-pyrrole nitrogens is 1. The Morgan fingerprint density at radius 3 is 2.75 bits per heavy atom. The molecule has 1 amide bonds. The maximum atomic E-state index is 12.4. The molecular formula is C18H24N4OS. The Morgan fingerprint density at radius 2 is 2.12 bits per heavy atom. The fraction of sp³-hybridized carbons (Fsp3) is 0.500. The molecule has 1 heterocycles. The number of amides is 1. The first-order valence-electron chi connectivity index (χ1n) is 8.53. The van der Waals surface area contributed by atoms with Gasteiger partial charge in [0.25, 0.3) is 0 Å². The molecule has 0 aliphatic heterocycles. The Kier molecular flexibility index (Phi) is 4.85.